The maximum absolute atomic E-state index is 12.1. The number of sulfonamides is 1. The van der Waals surface area contributed by atoms with Crippen LogP contribution in [0.4, 0.5) is 4.79 Å². The molecule has 1 aromatic heterocycles. The fourth-order valence-corrected chi connectivity index (χ4v) is 3.14. The highest BCUT2D eigenvalue weighted by molar-refractivity contribution is 7.90. The van der Waals surface area contributed by atoms with Crippen molar-refractivity contribution in [2.75, 3.05) is 0 Å². The van der Waals surface area contributed by atoms with E-state index in [0.717, 1.165) is 22.2 Å². The van der Waals surface area contributed by atoms with E-state index < -0.39 is 16.1 Å². The van der Waals surface area contributed by atoms with Crippen molar-refractivity contribution in [2.45, 2.75) is 18.4 Å². The van der Waals surface area contributed by atoms with Gasteiger partial charge in [-0.15, -0.1) is 0 Å². The molecule has 0 unspecified atom stereocenters. The third kappa shape index (κ3) is 3.54. The van der Waals surface area contributed by atoms with Crippen LogP contribution in [-0.4, -0.2) is 24.4 Å². The molecule has 7 nitrogen and oxygen atoms in total. The van der Waals surface area contributed by atoms with E-state index >= 15 is 0 Å². The number of fused-ring (bicyclic) bond motifs is 1. The molecule has 0 aliphatic heterocycles. The first-order chi connectivity index (χ1) is 11.4. The number of carbonyl (C=O) groups excluding carboxylic acids is 1. The van der Waals surface area contributed by atoms with Gasteiger partial charge < -0.3 is 10.3 Å². The van der Waals surface area contributed by atoms with Gasteiger partial charge in [0.25, 0.3) is 10.0 Å². The van der Waals surface area contributed by atoms with Gasteiger partial charge in [0.05, 0.1) is 22.3 Å². The number of nitrogens with one attached hydrogen (secondary N) is 3. The zero-order chi connectivity index (χ0) is 17.2. The van der Waals surface area contributed by atoms with Gasteiger partial charge in [0, 0.05) is 6.54 Å². The number of benzene rings is 2. The second-order valence-corrected chi connectivity index (χ2v) is 7.04. The van der Waals surface area contributed by atoms with E-state index in [1.165, 1.54) is 12.1 Å². The van der Waals surface area contributed by atoms with Crippen LogP contribution in [0.1, 0.15) is 11.1 Å². The molecule has 8 heteroatoms. The summed E-state index contributed by atoms with van der Waals surface area (Å²) in [6.07, 6.45) is 1.59. The first-order valence-electron chi connectivity index (χ1n) is 7.23. The van der Waals surface area contributed by atoms with Gasteiger partial charge >= 0.3 is 6.03 Å². The van der Waals surface area contributed by atoms with E-state index in [-0.39, 0.29) is 11.4 Å². The molecule has 0 saturated heterocycles. The van der Waals surface area contributed by atoms with Crippen LogP contribution in [0.15, 0.2) is 53.7 Å². The summed E-state index contributed by atoms with van der Waals surface area (Å²) in [5, 5.41) is 2.53. The van der Waals surface area contributed by atoms with Crippen LogP contribution >= 0.6 is 0 Å². The van der Waals surface area contributed by atoms with Crippen molar-refractivity contribution in [3.63, 3.8) is 0 Å². The quantitative estimate of drug-likeness (QED) is 0.674. The molecule has 0 aliphatic carbocycles. The number of aryl methyl sites for hydroxylation is 1. The van der Waals surface area contributed by atoms with Crippen molar-refractivity contribution in [1.82, 2.24) is 20.0 Å². The Hall–Kier alpha value is -2.87. The number of H-pyrrole nitrogens is 1. The lowest BCUT2D eigenvalue weighted by molar-refractivity contribution is 0.245. The normalized spacial score (nSPS) is 11.4. The Bertz CT molecular complexity index is 978. The second-order valence-electron chi connectivity index (χ2n) is 5.36. The molecule has 0 fully saturated rings. The smallest absolute Gasteiger partial charge is 0.328 e. The van der Waals surface area contributed by atoms with Gasteiger partial charge in [-0.25, -0.2) is 22.9 Å². The summed E-state index contributed by atoms with van der Waals surface area (Å²) in [6.45, 7) is 2.05. The average Bonchev–Trinajstić information content (AvgIpc) is 3.00. The number of carbonyl (C=O) groups is 1. The molecule has 0 spiro atoms. The van der Waals surface area contributed by atoms with Gasteiger partial charge in [0.15, 0.2) is 0 Å². The number of hydrogen-bond acceptors (Lipinski definition) is 4. The molecule has 0 atom stereocenters. The zero-order valence-electron chi connectivity index (χ0n) is 12.9. The average molecular weight is 344 g/mol. The SMILES string of the molecule is Cc1ccc(S(=O)(=O)NC(=O)NCc2ccc3nc[nH]c3c2)cc1. The first-order valence-corrected chi connectivity index (χ1v) is 8.72. The number of hydrogen-bond donors (Lipinski definition) is 3. The molecular weight excluding hydrogens is 328 g/mol. The number of urea groups is 1. The van der Waals surface area contributed by atoms with Crippen LogP contribution in [0.3, 0.4) is 0 Å². The Morgan fingerprint density at radius 2 is 1.92 bits per heavy atom. The maximum Gasteiger partial charge on any atom is 0.328 e. The van der Waals surface area contributed by atoms with Crippen molar-refractivity contribution in [3.8, 4) is 0 Å². The summed E-state index contributed by atoms with van der Waals surface area (Å²) in [7, 11) is -3.88. The van der Waals surface area contributed by atoms with Gasteiger partial charge in [-0.3, -0.25) is 0 Å². The van der Waals surface area contributed by atoms with E-state index in [1.807, 2.05) is 29.8 Å². The number of rotatable bonds is 4. The van der Waals surface area contributed by atoms with Crippen LogP contribution in [0.2, 0.25) is 0 Å². The van der Waals surface area contributed by atoms with Gasteiger partial charge in [-0.2, -0.15) is 0 Å². The largest absolute Gasteiger partial charge is 0.345 e. The number of aromatic nitrogens is 2. The van der Waals surface area contributed by atoms with Crippen molar-refractivity contribution in [3.05, 3.63) is 59.9 Å². The molecule has 2 amide bonds. The molecule has 3 N–H and O–H groups in total. The van der Waals surface area contributed by atoms with Crippen LogP contribution in [0.5, 0.6) is 0 Å². The summed E-state index contributed by atoms with van der Waals surface area (Å²) < 4.78 is 26.2. The first kappa shape index (κ1) is 16.0. The Kier molecular flexibility index (Phi) is 4.22. The Balaban J connectivity index is 1.63. The maximum atomic E-state index is 12.1. The van der Waals surface area contributed by atoms with Gasteiger partial charge in [-0.05, 0) is 36.8 Å². The molecule has 0 radical (unpaired) electrons. The Morgan fingerprint density at radius 1 is 1.17 bits per heavy atom. The summed E-state index contributed by atoms with van der Waals surface area (Å²) >= 11 is 0. The van der Waals surface area contributed by atoms with Crippen LogP contribution in [0.25, 0.3) is 11.0 Å². The zero-order valence-corrected chi connectivity index (χ0v) is 13.7. The summed E-state index contributed by atoms with van der Waals surface area (Å²) in [6, 6.07) is 11.0. The van der Waals surface area contributed by atoms with E-state index in [4.69, 9.17) is 0 Å². The van der Waals surface area contributed by atoms with Crippen LogP contribution in [0, 0.1) is 6.92 Å². The number of imidazole rings is 1. The van der Waals surface area contributed by atoms with Crippen molar-refractivity contribution in [1.29, 1.82) is 0 Å². The molecule has 0 aliphatic rings. The highest BCUT2D eigenvalue weighted by Crippen LogP contribution is 2.12. The number of aromatic amines is 1. The Morgan fingerprint density at radius 3 is 2.67 bits per heavy atom. The fourth-order valence-electron chi connectivity index (χ4n) is 2.21. The fraction of sp³-hybridized carbons (Fsp3) is 0.125. The third-order valence-corrected chi connectivity index (χ3v) is 4.84. The van der Waals surface area contributed by atoms with Gasteiger partial charge in [0.1, 0.15) is 0 Å². The lowest BCUT2D eigenvalue weighted by Gasteiger charge is -2.09. The van der Waals surface area contributed by atoms with E-state index in [2.05, 4.69) is 15.3 Å². The number of nitrogens with zero attached hydrogens (tertiary/aromatic N) is 1. The highest BCUT2D eigenvalue weighted by Gasteiger charge is 2.17. The van der Waals surface area contributed by atoms with Crippen molar-refractivity contribution < 1.29 is 13.2 Å². The molecule has 3 aromatic rings. The van der Waals surface area contributed by atoms with E-state index in [1.54, 1.807) is 18.5 Å². The highest BCUT2D eigenvalue weighted by atomic mass is 32.2. The summed E-state index contributed by atoms with van der Waals surface area (Å²) in [4.78, 5) is 19.0. The van der Waals surface area contributed by atoms with E-state index in [9.17, 15) is 13.2 Å². The third-order valence-electron chi connectivity index (χ3n) is 3.50. The molecule has 3 rings (SSSR count). The molecular formula is C16H16N4O3S. The minimum Gasteiger partial charge on any atom is -0.345 e. The van der Waals surface area contributed by atoms with Crippen LogP contribution < -0.4 is 10.0 Å². The predicted octanol–water partition coefficient (Wildman–Crippen LogP) is 2.06. The summed E-state index contributed by atoms with van der Waals surface area (Å²) in [5.41, 5.74) is 3.44. The predicted molar refractivity (Wildman–Crippen MR) is 89.8 cm³/mol. The topological polar surface area (TPSA) is 104 Å². The molecule has 2 aromatic carbocycles. The monoisotopic (exact) mass is 344 g/mol. The minimum atomic E-state index is -3.88. The molecule has 0 bridgehead atoms. The molecule has 124 valence electrons. The lowest BCUT2D eigenvalue weighted by atomic mass is 10.2. The van der Waals surface area contributed by atoms with Crippen molar-refractivity contribution >= 4 is 27.1 Å². The van der Waals surface area contributed by atoms with Crippen LogP contribution in [-0.2, 0) is 16.6 Å². The molecule has 1 heterocycles. The number of amides is 2. The van der Waals surface area contributed by atoms with E-state index in [0.29, 0.717) is 0 Å². The Labute approximate surface area is 139 Å². The van der Waals surface area contributed by atoms with Gasteiger partial charge in [0.2, 0.25) is 0 Å². The second kappa shape index (κ2) is 6.32. The van der Waals surface area contributed by atoms with Gasteiger partial charge in [-0.1, -0.05) is 23.8 Å². The molecule has 24 heavy (non-hydrogen) atoms. The molecule has 0 saturated carbocycles. The minimum absolute atomic E-state index is 0.0436. The summed E-state index contributed by atoms with van der Waals surface area (Å²) in [5.74, 6) is 0. The standard InChI is InChI=1S/C16H16N4O3S/c1-11-2-5-13(6-3-11)24(22,23)20-16(21)17-9-12-4-7-14-15(8-12)19-10-18-14/h2-8,10H,9H2,1H3,(H,18,19)(H2,17,20,21). The van der Waals surface area contributed by atoms with Crippen molar-refractivity contribution in [2.24, 2.45) is 0 Å². The lowest BCUT2D eigenvalue weighted by Crippen LogP contribution is -2.39.